The number of nitrogens with zero attached hydrogens (tertiary/aromatic N) is 1. The third kappa shape index (κ3) is 2.58. The van der Waals surface area contributed by atoms with Crippen molar-refractivity contribution in [3.63, 3.8) is 0 Å². The number of H-pyrrole nitrogens is 1. The summed E-state index contributed by atoms with van der Waals surface area (Å²) in [6.07, 6.45) is 4.26. The van der Waals surface area contributed by atoms with E-state index in [1.807, 2.05) is 0 Å². The molecule has 4 nitrogen and oxygen atoms in total. The summed E-state index contributed by atoms with van der Waals surface area (Å²) < 4.78 is 0. The molecule has 2 heterocycles. The SMILES string of the molecule is Cc1cc(=O)c(C(=O)N2CCCC2CCCl)c[nH]1. The number of nitrogens with one attached hydrogen (secondary N) is 1. The maximum absolute atomic E-state index is 12.3. The summed E-state index contributed by atoms with van der Waals surface area (Å²) in [6.45, 7) is 2.51. The molecule has 1 atom stereocenters. The van der Waals surface area contributed by atoms with Gasteiger partial charge < -0.3 is 9.88 Å². The standard InChI is InChI=1S/C13H17ClN2O2/c1-9-7-12(17)11(8-15-9)13(18)16-6-2-3-10(16)4-5-14/h7-8,10H,2-6H2,1H3,(H,15,17). The highest BCUT2D eigenvalue weighted by Gasteiger charge is 2.29. The highest BCUT2D eigenvalue weighted by Crippen LogP contribution is 2.22. The van der Waals surface area contributed by atoms with E-state index < -0.39 is 0 Å². The molecule has 1 unspecified atom stereocenters. The fraction of sp³-hybridized carbons (Fsp3) is 0.538. The van der Waals surface area contributed by atoms with E-state index in [9.17, 15) is 9.59 Å². The minimum atomic E-state index is -0.215. The van der Waals surface area contributed by atoms with Gasteiger partial charge in [-0.25, -0.2) is 0 Å². The molecule has 98 valence electrons. The lowest BCUT2D eigenvalue weighted by Gasteiger charge is -2.23. The molecule has 2 rings (SSSR count). The number of amides is 1. The number of pyridine rings is 1. The first-order chi connectivity index (χ1) is 8.63. The van der Waals surface area contributed by atoms with E-state index in [1.54, 1.807) is 11.8 Å². The fourth-order valence-corrected chi connectivity index (χ4v) is 2.68. The molecule has 0 bridgehead atoms. The lowest BCUT2D eigenvalue weighted by atomic mass is 10.1. The normalized spacial score (nSPS) is 19.2. The molecule has 0 saturated carbocycles. The minimum Gasteiger partial charge on any atom is -0.364 e. The van der Waals surface area contributed by atoms with E-state index in [-0.39, 0.29) is 22.9 Å². The summed E-state index contributed by atoms with van der Waals surface area (Å²) in [6, 6.07) is 1.63. The van der Waals surface area contributed by atoms with Gasteiger partial charge in [0.05, 0.1) is 0 Å². The van der Waals surface area contributed by atoms with Gasteiger partial charge in [-0.2, -0.15) is 0 Å². The molecule has 1 aliphatic heterocycles. The number of halogens is 1. The zero-order valence-corrected chi connectivity index (χ0v) is 11.2. The van der Waals surface area contributed by atoms with Gasteiger partial charge >= 0.3 is 0 Å². The Kier molecular flexibility index (Phi) is 4.07. The van der Waals surface area contributed by atoms with Gasteiger partial charge in [-0.05, 0) is 26.2 Å². The van der Waals surface area contributed by atoms with Gasteiger partial charge in [-0.15, -0.1) is 11.6 Å². The van der Waals surface area contributed by atoms with Crippen LogP contribution in [0.1, 0.15) is 35.3 Å². The zero-order chi connectivity index (χ0) is 13.1. The number of likely N-dealkylation sites (tertiary alicyclic amines) is 1. The van der Waals surface area contributed by atoms with Crippen LogP contribution in [-0.2, 0) is 0 Å². The van der Waals surface area contributed by atoms with Crippen LogP contribution in [-0.4, -0.2) is 34.3 Å². The number of aromatic amines is 1. The first-order valence-corrected chi connectivity index (χ1v) is 6.73. The molecular weight excluding hydrogens is 252 g/mol. The van der Waals surface area contributed by atoms with Crippen molar-refractivity contribution >= 4 is 17.5 Å². The average Bonchev–Trinajstić information content (AvgIpc) is 2.77. The Balaban J connectivity index is 2.22. The molecule has 1 amide bonds. The van der Waals surface area contributed by atoms with Gasteiger partial charge in [0.25, 0.3) is 5.91 Å². The number of aryl methyl sites for hydroxylation is 1. The van der Waals surface area contributed by atoms with Gasteiger partial charge in [0.1, 0.15) is 5.56 Å². The topological polar surface area (TPSA) is 53.2 Å². The molecule has 1 aromatic heterocycles. The number of hydrogen-bond acceptors (Lipinski definition) is 2. The quantitative estimate of drug-likeness (QED) is 0.852. The third-order valence-corrected chi connectivity index (χ3v) is 3.59. The van der Waals surface area contributed by atoms with Crippen LogP contribution < -0.4 is 5.43 Å². The Morgan fingerprint density at radius 1 is 1.61 bits per heavy atom. The average molecular weight is 269 g/mol. The van der Waals surface area contributed by atoms with Crippen molar-refractivity contribution in [2.45, 2.75) is 32.2 Å². The summed E-state index contributed by atoms with van der Waals surface area (Å²) in [5, 5.41) is 0. The molecule has 1 N–H and O–H groups in total. The Bertz CT molecular complexity index is 498. The summed E-state index contributed by atoms with van der Waals surface area (Å²) >= 11 is 5.74. The second-order valence-electron chi connectivity index (χ2n) is 4.67. The van der Waals surface area contributed by atoms with Crippen LogP contribution in [0.4, 0.5) is 0 Å². The molecule has 0 aliphatic carbocycles. The van der Waals surface area contributed by atoms with Gasteiger partial charge in [0.15, 0.2) is 5.43 Å². The molecule has 1 fully saturated rings. The first-order valence-electron chi connectivity index (χ1n) is 6.19. The minimum absolute atomic E-state index is 0.177. The van der Waals surface area contributed by atoms with Gasteiger partial charge in [-0.1, -0.05) is 0 Å². The smallest absolute Gasteiger partial charge is 0.259 e. The molecule has 1 aromatic rings. The number of alkyl halides is 1. The van der Waals surface area contributed by atoms with E-state index >= 15 is 0 Å². The predicted octanol–water partition coefficient (Wildman–Crippen LogP) is 1.92. The van der Waals surface area contributed by atoms with Crippen molar-refractivity contribution in [2.24, 2.45) is 0 Å². The predicted molar refractivity (Wildman–Crippen MR) is 71.2 cm³/mol. The Morgan fingerprint density at radius 2 is 2.39 bits per heavy atom. The van der Waals surface area contributed by atoms with E-state index in [0.29, 0.717) is 12.4 Å². The van der Waals surface area contributed by atoms with Crippen LogP contribution in [0.3, 0.4) is 0 Å². The maximum atomic E-state index is 12.3. The summed E-state index contributed by atoms with van der Waals surface area (Å²) in [4.78, 5) is 28.8. The van der Waals surface area contributed by atoms with Crippen molar-refractivity contribution in [1.82, 2.24) is 9.88 Å². The van der Waals surface area contributed by atoms with Gasteiger partial charge in [0, 0.05) is 36.4 Å². The first kappa shape index (κ1) is 13.1. The van der Waals surface area contributed by atoms with Crippen LogP contribution in [0, 0.1) is 6.92 Å². The number of aromatic nitrogens is 1. The Labute approximate surface area is 111 Å². The molecule has 1 saturated heterocycles. The van der Waals surface area contributed by atoms with Crippen molar-refractivity contribution in [3.05, 3.63) is 33.7 Å². The van der Waals surface area contributed by atoms with Crippen LogP contribution >= 0.6 is 11.6 Å². The number of hydrogen-bond donors (Lipinski definition) is 1. The van der Waals surface area contributed by atoms with Crippen molar-refractivity contribution in [3.8, 4) is 0 Å². The molecule has 1 aliphatic rings. The molecule has 0 aromatic carbocycles. The fourth-order valence-electron chi connectivity index (χ4n) is 2.42. The number of rotatable bonds is 3. The van der Waals surface area contributed by atoms with Crippen LogP contribution in [0.25, 0.3) is 0 Å². The highest BCUT2D eigenvalue weighted by atomic mass is 35.5. The molecular formula is C13H17ClN2O2. The van der Waals surface area contributed by atoms with Crippen LogP contribution in [0.15, 0.2) is 17.1 Å². The summed E-state index contributed by atoms with van der Waals surface area (Å²) in [5.74, 6) is 0.363. The monoisotopic (exact) mass is 268 g/mol. The summed E-state index contributed by atoms with van der Waals surface area (Å²) in [5.41, 5.74) is 0.769. The van der Waals surface area contributed by atoms with Gasteiger partial charge in [-0.3, -0.25) is 9.59 Å². The second-order valence-corrected chi connectivity index (χ2v) is 5.04. The third-order valence-electron chi connectivity index (χ3n) is 3.37. The number of carbonyl (C=O) groups excluding carboxylic acids is 1. The van der Waals surface area contributed by atoms with Crippen molar-refractivity contribution < 1.29 is 4.79 Å². The van der Waals surface area contributed by atoms with E-state index in [2.05, 4.69) is 4.98 Å². The lowest BCUT2D eigenvalue weighted by molar-refractivity contribution is 0.0732. The Hall–Kier alpha value is -1.29. The van der Waals surface area contributed by atoms with E-state index in [4.69, 9.17) is 11.6 Å². The molecule has 0 radical (unpaired) electrons. The van der Waals surface area contributed by atoms with E-state index in [1.165, 1.54) is 12.3 Å². The maximum Gasteiger partial charge on any atom is 0.259 e. The molecule has 18 heavy (non-hydrogen) atoms. The Morgan fingerprint density at radius 3 is 3.06 bits per heavy atom. The molecule has 5 heteroatoms. The van der Waals surface area contributed by atoms with Crippen molar-refractivity contribution in [1.29, 1.82) is 0 Å². The van der Waals surface area contributed by atoms with E-state index in [0.717, 1.165) is 25.0 Å². The van der Waals surface area contributed by atoms with Gasteiger partial charge in [0.2, 0.25) is 0 Å². The van der Waals surface area contributed by atoms with Crippen molar-refractivity contribution in [2.75, 3.05) is 12.4 Å². The summed E-state index contributed by atoms with van der Waals surface area (Å²) in [7, 11) is 0. The molecule has 0 spiro atoms. The zero-order valence-electron chi connectivity index (χ0n) is 10.4. The second kappa shape index (κ2) is 5.57. The van der Waals surface area contributed by atoms with Crippen LogP contribution in [0.5, 0.6) is 0 Å². The number of carbonyl (C=O) groups is 1. The highest BCUT2D eigenvalue weighted by molar-refractivity contribution is 6.17. The largest absolute Gasteiger partial charge is 0.364 e. The van der Waals surface area contributed by atoms with Crippen LogP contribution in [0.2, 0.25) is 0 Å². The lowest BCUT2D eigenvalue weighted by Crippen LogP contribution is -2.38.